The summed E-state index contributed by atoms with van der Waals surface area (Å²) in [6.07, 6.45) is 1.86. The predicted octanol–water partition coefficient (Wildman–Crippen LogP) is -1.46. The van der Waals surface area contributed by atoms with Gasteiger partial charge in [0.15, 0.2) is 0 Å². The second-order valence-corrected chi connectivity index (χ2v) is 9.54. The fourth-order valence-electron chi connectivity index (χ4n) is 5.29. The summed E-state index contributed by atoms with van der Waals surface area (Å²) in [5.74, 6) is 0. The van der Waals surface area contributed by atoms with Gasteiger partial charge >= 0.3 is 0 Å². The van der Waals surface area contributed by atoms with E-state index in [1.807, 2.05) is 30.6 Å². The number of halogens is 1. The minimum Gasteiger partial charge on any atom is -0.456 e. The number of benzene rings is 4. The molecule has 9 heteroatoms. The Morgan fingerprint density at radius 2 is 1.44 bits per heavy atom. The van der Waals surface area contributed by atoms with Crippen LogP contribution in [-0.2, 0) is 0 Å². The van der Waals surface area contributed by atoms with E-state index in [1.165, 1.54) is 32.9 Å². The van der Waals surface area contributed by atoms with E-state index in [9.17, 15) is 0 Å². The van der Waals surface area contributed by atoms with Crippen molar-refractivity contribution in [2.24, 2.45) is 0 Å². The minimum atomic E-state index is 0.729. The van der Waals surface area contributed by atoms with E-state index >= 15 is 0 Å². The van der Waals surface area contributed by atoms with E-state index in [-0.39, 0.29) is 0 Å². The first-order valence-corrected chi connectivity index (χ1v) is 11.9. The summed E-state index contributed by atoms with van der Waals surface area (Å²) in [5, 5.41) is 2.84. The zero-order valence-electron chi connectivity index (χ0n) is 20.0. The zero-order valence-corrected chi connectivity index (χ0v) is 20.7. The molecule has 34 heavy (non-hydrogen) atoms. The van der Waals surface area contributed by atoms with Crippen LogP contribution >= 0.6 is 11.6 Å². The monoisotopic (exact) mass is 454 g/mol. The summed E-state index contributed by atoms with van der Waals surface area (Å²) in [6.45, 7) is 0. The molecule has 0 aliphatic heterocycles. The Balaban J connectivity index is 1.62. The number of hydrogen-bond acceptors (Lipinski definition) is 2. The van der Waals surface area contributed by atoms with Gasteiger partial charge in [-0.15, -0.1) is 16.4 Å². The Hall–Kier alpha value is -3.24. The number of furan rings is 1. The summed E-state index contributed by atoms with van der Waals surface area (Å²) in [4.78, 5) is 4.81. The maximum absolute atomic E-state index is 7.15. The zero-order chi connectivity index (χ0) is 23.7. The lowest BCUT2D eigenvalue weighted by Gasteiger charge is -2.22. The SMILES string of the molecule is Bc1c(B)c(B)c(-c2cccc(-n3cnc4c5c(ccc43)oc3ccccc35)c2Cl)c(B)c1B. The van der Waals surface area contributed by atoms with Crippen molar-refractivity contribution < 1.29 is 4.42 Å². The Morgan fingerprint density at radius 1 is 0.735 bits per heavy atom. The molecule has 0 saturated heterocycles. The van der Waals surface area contributed by atoms with Crippen LogP contribution in [-0.4, -0.2) is 48.8 Å². The number of fused-ring (bicyclic) bond motifs is 5. The summed E-state index contributed by atoms with van der Waals surface area (Å²) < 4.78 is 8.14. The standard InChI is InChI=1S/C25H20B5ClN2O/c26-19-18(20(27)22(29)23(30)21(19)28)12-5-3-6-13(24(12)31)33-10-32-25-14(33)8-9-16-17(25)11-4-1-2-7-15(11)34-16/h1-10H,26-30H2. The first kappa shape index (κ1) is 21.3. The number of imidazole rings is 1. The Bertz CT molecular complexity index is 1760. The van der Waals surface area contributed by atoms with Crippen LogP contribution in [0.25, 0.3) is 49.8 Å². The molecule has 0 radical (unpaired) electrons. The first-order chi connectivity index (χ1) is 16.4. The van der Waals surface area contributed by atoms with Gasteiger partial charge in [-0.3, -0.25) is 4.57 Å². The van der Waals surface area contributed by atoms with Crippen molar-refractivity contribution in [2.75, 3.05) is 0 Å². The average molecular weight is 454 g/mol. The van der Waals surface area contributed by atoms with Crippen LogP contribution in [0.4, 0.5) is 0 Å². The fourth-order valence-corrected chi connectivity index (χ4v) is 5.60. The molecule has 6 aromatic rings. The van der Waals surface area contributed by atoms with E-state index < -0.39 is 0 Å². The van der Waals surface area contributed by atoms with Gasteiger partial charge in [0.25, 0.3) is 0 Å². The van der Waals surface area contributed by atoms with Gasteiger partial charge in [-0.25, -0.2) is 4.98 Å². The molecule has 0 atom stereocenters. The van der Waals surface area contributed by atoms with Crippen molar-refractivity contribution >= 4 is 111 Å². The molecule has 4 aromatic carbocycles. The molecule has 0 aliphatic rings. The maximum Gasteiger partial charge on any atom is 0.139 e. The number of aromatic nitrogens is 2. The third kappa shape index (κ3) is 2.88. The summed E-state index contributed by atoms with van der Waals surface area (Å²) in [7, 11) is 11.0. The molecule has 0 saturated carbocycles. The summed E-state index contributed by atoms with van der Waals surface area (Å²) >= 11 is 7.15. The average Bonchev–Trinajstić information content (AvgIpc) is 3.44. The highest BCUT2D eigenvalue weighted by Gasteiger charge is 2.19. The lowest BCUT2D eigenvalue weighted by atomic mass is 9.59. The van der Waals surface area contributed by atoms with Crippen LogP contribution in [0, 0.1) is 0 Å². The van der Waals surface area contributed by atoms with Gasteiger partial charge in [0.05, 0.1) is 21.6 Å². The van der Waals surface area contributed by atoms with Crippen molar-refractivity contribution in [2.45, 2.75) is 0 Å². The second kappa shape index (κ2) is 7.64. The maximum atomic E-state index is 7.15. The highest BCUT2D eigenvalue weighted by Crippen LogP contribution is 2.37. The minimum absolute atomic E-state index is 0.729. The van der Waals surface area contributed by atoms with Crippen molar-refractivity contribution in [3.8, 4) is 16.8 Å². The van der Waals surface area contributed by atoms with Crippen LogP contribution in [0.5, 0.6) is 0 Å². The fraction of sp³-hybridized carbons (Fsp3) is 0. The van der Waals surface area contributed by atoms with Gasteiger partial charge in [-0.2, -0.15) is 0 Å². The third-order valence-electron chi connectivity index (χ3n) is 7.56. The molecule has 158 valence electrons. The van der Waals surface area contributed by atoms with Crippen LogP contribution in [0.2, 0.25) is 5.02 Å². The number of hydrogen-bond donors (Lipinski definition) is 0. The largest absolute Gasteiger partial charge is 0.456 e. The predicted molar refractivity (Wildman–Crippen MR) is 160 cm³/mol. The number of para-hydroxylation sites is 1. The molecule has 3 nitrogen and oxygen atoms in total. The van der Waals surface area contributed by atoms with Gasteiger partial charge < -0.3 is 4.42 Å². The third-order valence-corrected chi connectivity index (χ3v) is 7.96. The van der Waals surface area contributed by atoms with Crippen molar-refractivity contribution in [3.05, 3.63) is 65.9 Å². The summed E-state index contributed by atoms with van der Waals surface area (Å²) in [5.41, 5.74) is 13.4. The highest BCUT2D eigenvalue weighted by atomic mass is 35.5. The Labute approximate surface area is 207 Å². The van der Waals surface area contributed by atoms with E-state index in [4.69, 9.17) is 21.0 Å². The molecule has 0 bridgehead atoms. The smallest absolute Gasteiger partial charge is 0.139 e. The van der Waals surface area contributed by atoms with Crippen molar-refractivity contribution in [1.29, 1.82) is 0 Å². The van der Waals surface area contributed by atoms with Gasteiger partial charge in [0.1, 0.15) is 62.2 Å². The van der Waals surface area contributed by atoms with E-state index in [0.717, 1.165) is 49.2 Å². The molecule has 0 unspecified atom stereocenters. The molecular formula is C25H20B5ClN2O. The van der Waals surface area contributed by atoms with E-state index in [0.29, 0.717) is 0 Å². The highest BCUT2D eigenvalue weighted by molar-refractivity contribution is 6.68. The first-order valence-electron chi connectivity index (χ1n) is 11.5. The lowest BCUT2D eigenvalue weighted by Crippen LogP contribution is -2.55. The topological polar surface area (TPSA) is 31.0 Å². The van der Waals surface area contributed by atoms with E-state index in [2.05, 4.69) is 74.1 Å². The van der Waals surface area contributed by atoms with Crippen LogP contribution in [0.15, 0.2) is 65.3 Å². The molecule has 2 aromatic heterocycles. The van der Waals surface area contributed by atoms with Crippen molar-refractivity contribution in [1.82, 2.24) is 9.55 Å². The molecule has 0 amide bonds. The lowest BCUT2D eigenvalue weighted by molar-refractivity contribution is 0.669. The number of rotatable bonds is 2. The van der Waals surface area contributed by atoms with Crippen LogP contribution in [0.3, 0.4) is 0 Å². The molecule has 0 aliphatic carbocycles. The summed E-state index contributed by atoms with van der Waals surface area (Å²) in [6, 6.07) is 18.4. The normalized spacial score (nSPS) is 11.7. The molecule has 0 fully saturated rings. The molecule has 6 rings (SSSR count). The molecular weight excluding hydrogens is 434 g/mol. The molecule has 0 N–H and O–H groups in total. The molecule has 2 heterocycles. The molecule has 0 spiro atoms. The van der Waals surface area contributed by atoms with Gasteiger partial charge in [0, 0.05) is 10.9 Å². The van der Waals surface area contributed by atoms with Crippen LogP contribution in [0.1, 0.15) is 0 Å². The van der Waals surface area contributed by atoms with E-state index in [1.54, 1.807) is 0 Å². The second-order valence-electron chi connectivity index (χ2n) is 9.16. The van der Waals surface area contributed by atoms with Crippen LogP contribution < -0.4 is 27.3 Å². The Morgan fingerprint density at radius 3 is 2.21 bits per heavy atom. The van der Waals surface area contributed by atoms with Gasteiger partial charge in [0.2, 0.25) is 0 Å². The number of nitrogens with zero attached hydrogens (tertiary/aromatic N) is 2. The van der Waals surface area contributed by atoms with Crippen molar-refractivity contribution in [3.63, 3.8) is 0 Å². The quantitative estimate of drug-likeness (QED) is 0.300. The Kier molecular flexibility index (Phi) is 4.79. The van der Waals surface area contributed by atoms with Gasteiger partial charge in [-0.05, 0) is 29.8 Å². The van der Waals surface area contributed by atoms with Gasteiger partial charge in [-0.1, -0.05) is 52.9 Å².